The van der Waals surface area contributed by atoms with Crippen LogP contribution in [0.2, 0.25) is 0 Å². The summed E-state index contributed by atoms with van der Waals surface area (Å²) in [6, 6.07) is 14.1. The van der Waals surface area contributed by atoms with Gasteiger partial charge in [0, 0.05) is 12.1 Å². The number of hydrogen-bond acceptors (Lipinski definition) is 3. The van der Waals surface area contributed by atoms with E-state index in [1.165, 1.54) is 0 Å². The highest BCUT2D eigenvalue weighted by Gasteiger charge is 2.08. The van der Waals surface area contributed by atoms with E-state index in [-0.39, 0.29) is 0 Å². The minimum absolute atomic E-state index is 0.597. The fourth-order valence-corrected chi connectivity index (χ4v) is 2.84. The minimum Gasteiger partial charge on any atom is -0.235 e. The average Bonchev–Trinajstić information content (AvgIpc) is 2.90. The number of nitrogens with zero attached hydrogens (tertiary/aromatic N) is 3. The number of rotatable bonds is 2. The Kier molecular flexibility index (Phi) is 3.28. The molecule has 0 saturated carbocycles. The molecule has 0 aliphatic carbocycles. The highest BCUT2D eigenvalue weighted by molar-refractivity contribution is 7.19. The maximum absolute atomic E-state index is 9.36. The van der Waals surface area contributed by atoms with Crippen molar-refractivity contribution in [3.05, 3.63) is 59.4 Å². The van der Waals surface area contributed by atoms with E-state index in [0.29, 0.717) is 5.57 Å². The molecule has 0 bridgehead atoms. The van der Waals surface area contributed by atoms with Gasteiger partial charge in [-0.05, 0) is 23.8 Å². The molecule has 3 rings (SSSR count). The van der Waals surface area contributed by atoms with Crippen LogP contribution in [-0.4, -0.2) is 4.98 Å². The molecule has 1 aromatic carbocycles. The van der Waals surface area contributed by atoms with Crippen LogP contribution in [0.3, 0.4) is 0 Å². The van der Waals surface area contributed by atoms with Crippen molar-refractivity contribution in [2.75, 3.05) is 0 Å². The van der Waals surface area contributed by atoms with E-state index in [0.717, 1.165) is 20.8 Å². The predicted molar refractivity (Wildman–Crippen MR) is 80.7 cm³/mol. The fourth-order valence-electron chi connectivity index (χ4n) is 1.90. The number of benzene rings is 1. The predicted octanol–water partition coefficient (Wildman–Crippen LogP) is 3.18. The zero-order valence-electron chi connectivity index (χ0n) is 10.9. The molecule has 0 N–H and O–H groups in total. The number of pyridine rings is 1. The molecule has 3 nitrogen and oxygen atoms in total. The fraction of sp³-hybridized carbons (Fsp3) is 0.0625. The molecular weight excluding hydrogens is 266 g/mol. The second kappa shape index (κ2) is 5.24. The lowest BCUT2D eigenvalue weighted by atomic mass is 10.2. The summed E-state index contributed by atoms with van der Waals surface area (Å²) in [6.45, 7) is 0. The normalized spacial score (nSPS) is 11.5. The van der Waals surface area contributed by atoms with Gasteiger partial charge in [0.2, 0.25) is 0 Å². The molecule has 0 fully saturated rings. The Morgan fingerprint density at radius 1 is 1.25 bits per heavy atom. The number of para-hydroxylation sites is 1. The van der Waals surface area contributed by atoms with Gasteiger partial charge in [0.05, 0.1) is 15.8 Å². The summed E-state index contributed by atoms with van der Waals surface area (Å²) >= 11 is 1.55. The van der Waals surface area contributed by atoms with E-state index < -0.39 is 0 Å². The van der Waals surface area contributed by atoms with Crippen LogP contribution in [0.25, 0.3) is 21.9 Å². The van der Waals surface area contributed by atoms with Crippen LogP contribution in [0.15, 0.2) is 48.8 Å². The van der Waals surface area contributed by atoms with Crippen molar-refractivity contribution in [2.45, 2.75) is 0 Å². The van der Waals surface area contributed by atoms with Gasteiger partial charge in [-0.1, -0.05) is 12.1 Å². The molecule has 0 unspecified atom stereocenters. The third-order valence-electron chi connectivity index (χ3n) is 2.96. The first-order chi connectivity index (χ1) is 9.76. The third-order valence-corrected chi connectivity index (χ3v) is 4.03. The largest absolute Gasteiger partial charge is 0.235 e. The maximum atomic E-state index is 9.36. The second-order valence-corrected chi connectivity index (χ2v) is 5.48. The average molecular weight is 278 g/mol. The first-order valence-electron chi connectivity index (χ1n) is 6.19. The number of hydrogen-bond donors (Lipinski definition) is 0. The Hall–Kier alpha value is -2.51. The number of fused-ring (bicyclic) bond motifs is 1. The van der Waals surface area contributed by atoms with Gasteiger partial charge in [-0.25, -0.2) is 9.55 Å². The zero-order valence-corrected chi connectivity index (χ0v) is 11.8. The number of aromatic nitrogens is 2. The maximum Gasteiger partial charge on any atom is 0.169 e. The lowest BCUT2D eigenvalue weighted by Crippen LogP contribution is -2.25. The monoisotopic (exact) mass is 278 g/mol. The van der Waals surface area contributed by atoms with E-state index in [1.807, 2.05) is 66.5 Å². The molecule has 96 valence electrons. The standard InChI is InChI=1S/C16H12N3S/c1-19-8-6-12(7-9-19)10-13(11-17)16-18-14-4-2-3-5-15(14)20-16/h2-10H,1H3/q+1/b13-10+. The van der Waals surface area contributed by atoms with Gasteiger partial charge in [0.15, 0.2) is 12.4 Å². The van der Waals surface area contributed by atoms with E-state index in [2.05, 4.69) is 11.1 Å². The smallest absolute Gasteiger partial charge is 0.169 e. The lowest BCUT2D eigenvalue weighted by Gasteiger charge is -1.94. The molecule has 0 atom stereocenters. The van der Waals surface area contributed by atoms with Crippen molar-refractivity contribution in [3.8, 4) is 6.07 Å². The van der Waals surface area contributed by atoms with Gasteiger partial charge in [-0.2, -0.15) is 5.26 Å². The quantitative estimate of drug-likeness (QED) is 0.533. The van der Waals surface area contributed by atoms with Crippen LogP contribution in [0.5, 0.6) is 0 Å². The molecule has 0 aliphatic rings. The molecule has 2 heterocycles. The number of allylic oxidation sites excluding steroid dienone is 1. The molecule has 0 aliphatic heterocycles. The number of nitriles is 1. The second-order valence-electron chi connectivity index (χ2n) is 4.45. The van der Waals surface area contributed by atoms with Crippen LogP contribution in [0.4, 0.5) is 0 Å². The van der Waals surface area contributed by atoms with Crippen molar-refractivity contribution in [3.63, 3.8) is 0 Å². The van der Waals surface area contributed by atoms with Crippen LogP contribution in [-0.2, 0) is 7.05 Å². The molecule has 20 heavy (non-hydrogen) atoms. The number of thiazole rings is 1. The van der Waals surface area contributed by atoms with Gasteiger partial charge >= 0.3 is 0 Å². The Morgan fingerprint density at radius 2 is 2.00 bits per heavy atom. The van der Waals surface area contributed by atoms with Gasteiger partial charge in [-0.3, -0.25) is 0 Å². The first-order valence-corrected chi connectivity index (χ1v) is 7.01. The van der Waals surface area contributed by atoms with Gasteiger partial charge in [0.25, 0.3) is 0 Å². The Morgan fingerprint density at radius 3 is 2.70 bits per heavy atom. The molecule has 4 heteroatoms. The topological polar surface area (TPSA) is 40.6 Å². The van der Waals surface area contributed by atoms with Crippen LogP contribution < -0.4 is 4.57 Å². The molecule has 0 saturated heterocycles. The van der Waals surface area contributed by atoms with Crippen LogP contribution >= 0.6 is 11.3 Å². The summed E-state index contributed by atoms with van der Waals surface area (Å²) in [6.07, 6.45) is 5.79. The highest BCUT2D eigenvalue weighted by atomic mass is 32.1. The molecule has 0 radical (unpaired) electrons. The van der Waals surface area contributed by atoms with E-state index in [4.69, 9.17) is 0 Å². The summed E-state index contributed by atoms with van der Waals surface area (Å²) in [5.41, 5.74) is 2.53. The first kappa shape index (κ1) is 12.5. The lowest BCUT2D eigenvalue weighted by molar-refractivity contribution is -0.671. The Balaban J connectivity index is 2.05. The van der Waals surface area contributed by atoms with Crippen molar-refractivity contribution in [2.24, 2.45) is 7.05 Å². The van der Waals surface area contributed by atoms with E-state index in [9.17, 15) is 5.26 Å². The molecule has 2 aromatic heterocycles. The summed E-state index contributed by atoms with van der Waals surface area (Å²) in [5, 5.41) is 10.1. The summed E-state index contributed by atoms with van der Waals surface area (Å²) < 4.78 is 3.06. The summed E-state index contributed by atoms with van der Waals surface area (Å²) in [5.74, 6) is 0. The van der Waals surface area contributed by atoms with Gasteiger partial charge in [-0.15, -0.1) is 11.3 Å². The zero-order chi connectivity index (χ0) is 13.9. The van der Waals surface area contributed by atoms with E-state index >= 15 is 0 Å². The van der Waals surface area contributed by atoms with Crippen molar-refractivity contribution in [1.82, 2.24) is 4.98 Å². The number of aryl methyl sites for hydroxylation is 1. The van der Waals surface area contributed by atoms with E-state index in [1.54, 1.807) is 11.3 Å². The molecule has 0 amide bonds. The van der Waals surface area contributed by atoms with Gasteiger partial charge < -0.3 is 0 Å². The molecule has 0 spiro atoms. The third kappa shape index (κ3) is 2.44. The Bertz CT molecular complexity index is 790. The SMILES string of the molecule is C[n+]1ccc(/C=C(\C#N)c2nc3ccccc3s2)cc1. The molecular formula is C16H12N3S+. The Labute approximate surface area is 121 Å². The molecule has 3 aromatic rings. The van der Waals surface area contributed by atoms with Crippen LogP contribution in [0.1, 0.15) is 10.6 Å². The van der Waals surface area contributed by atoms with Crippen molar-refractivity contribution >= 4 is 33.2 Å². The van der Waals surface area contributed by atoms with Crippen molar-refractivity contribution in [1.29, 1.82) is 5.26 Å². The highest BCUT2D eigenvalue weighted by Crippen LogP contribution is 2.27. The summed E-state index contributed by atoms with van der Waals surface area (Å²) in [7, 11) is 1.96. The van der Waals surface area contributed by atoms with Crippen LogP contribution in [0, 0.1) is 11.3 Å². The van der Waals surface area contributed by atoms with Crippen molar-refractivity contribution < 1.29 is 4.57 Å². The minimum atomic E-state index is 0.597. The summed E-state index contributed by atoms with van der Waals surface area (Å²) in [4.78, 5) is 4.52. The van der Waals surface area contributed by atoms with Gasteiger partial charge in [0.1, 0.15) is 18.1 Å².